The Hall–Kier alpha value is -9.58. The van der Waals surface area contributed by atoms with Gasteiger partial charge in [-0.2, -0.15) is 0 Å². The van der Waals surface area contributed by atoms with Crippen molar-refractivity contribution in [2.45, 2.75) is 33.2 Å². The molecule has 0 N–H and O–H groups in total. The second-order valence-electron chi connectivity index (χ2n) is 20.9. The fourth-order valence-corrected chi connectivity index (χ4v) is 12.3. The zero-order valence-electron chi connectivity index (χ0n) is 43.1. The van der Waals surface area contributed by atoms with Crippen molar-refractivity contribution >= 4 is 120 Å². The molecule has 5 nitrogen and oxygen atoms in total. The highest BCUT2D eigenvalue weighted by Gasteiger charge is 2.25. The lowest BCUT2D eigenvalue weighted by Gasteiger charge is -2.22. The van der Waals surface area contributed by atoms with Crippen LogP contribution in [-0.4, -0.2) is 20.7 Å². The summed E-state index contributed by atoms with van der Waals surface area (Å²) < 4.78 is 12.1. The maximum absolute atomic E-state index is 7.28. The van der Waals surface area contributed by atoms with Crippen molar-refractivity contribution in [2.24, 2.45) is 15.9 Å². The minimum atomic E-state index is -0.176. The largest absolute Gasteiger partial charge is 0.453 e. The van der Waals surface area contributed by atoms with Gasteiger partial charge in [0.2, 0.25) is 0 Å². The number of amidine groups is 1. The molecule has 15 rings (SSSR count). The molecule has 0 spiro atoms. The summed E-state index contributed by atoms with van der Waals surface area (Å²) >= 11 is 0. The smallest absolute Gasteiger partial charge is 0.159 e. The van der Waals surface area contributed by atoms with Gasteiger partial charge in [0.15, 0.2) is 11.4 Å². The van der Waals surface area contributed by atoms with E-state index < -0.39 is 0 Å². The maximum atomic E-state index is 7.28. The average molecular weight is 989 g/mol. The predicted molar refractivity (Wildman–Crippen MR) is 326 cm³/mol. The van der Waals surface area contributed by atoms with Gasteiger partial charge in [0.1, 0.15) is 5.58 Å². The Morgan fingerprint density at radius 3 is 1.68 bits per heavy atom. The Balaban J connectivity index is 1.02. The third-order valence-electron chi connectivity index (χ3n) is 16.4. The van der Waals surface area contributed by atoms with Crippen LogP contribution < -0.4 is 0 Å². The molecular formula is C72H52N4O. The van der Waals surface area contributed by atoms with Crippen molar-refractivity contribution in [3.05, 3.63) is 253 Å². The van der Waals surface area contributed by atoms with Crippen LogP contribution in [-0.2, 0) is 0 Å². The summed E-state index contributed by atoms with van der Waals surface area (Å²) in [5.74, 6) is 0.909. The molecule has 0 aliphatic carbocycles. The second kappa shape index (κ2) is 17.8. The quantitative estimate of drug-likeness (QED) is 0.111. The molecule has 366 valence electrons. The lowest BCUT2D eigenvalue weighted by molar-refractivity contribution is 0.461. The van der Waals surface area contributed by atoms with Crippen LogP contribution in [0.15, 0.2) is 251 Å². The van der Waals surface area contributed by atoms with Crippen LogP contribution in [0.1, 0.15) is 49.9 Å². The van der Waals surface area contributed by atoms with Crippen molar-refractivity contribution in [2.75, 3.05) is 0 Å². The number of para-hydroxylation sites is 2. The summed E-state index contributed by atoms with van der Waals surface area (Å²) in [6.07, 6.45) is 0.947. The molecule has 5 heteroatoms. The topological polar surface area (TPSA) is 47.7 Å². The molecule has 12 aromatic carbocycles. The van der Waals surface area contributed by atoms with Gasteiger partial charge in [-0.15, -0.1) is 0 Å². The summed E-state index contributed by atoms with van der Waals surface area (Å²) in [6, 6.07) is 85.7. The molecule has 0 amide bonds. The number of nitrogens with zero attached hydrogens (tertiary/aromatic N) is 4. The highest BCUT2D eigenvalue weighted by Crippen LogP contribution is 2.44. The monoisotopic (exact) mass is 988 g/mol. The number of aliphatic imine (C=N–C) groups is 2. The molecule has 2 atom stereocenters. The van der Waals surface area contributed by atoms with E-state index in [0.29, 0.717) is 5.84 Å². The van der Waals surface area contributed by atoms with E-state index in [1.165, 1.54) is 54.0 Å². The molecule has 3 aromatic heterocycles. The molecule has 0 bridgehead atoms. The minimum absolute atomic E-state index is 0.176. The molecule has 0 aliphatic heterocycles. The van der Waals surface area contributed by atoms with Gasteiger partial charge < -0.3 is 13.6 Å². The van der Waals surface area contributed by atoms with Crippen LogP contribution >= 0.6 is 0 Å². The first-order valence-corrected chi connectivity index (χ1v) is 26.9. The minimum Gasteiger partial charge on any atom is -0.453 e. The molecule has 15 aromatic rings. The number of aromatic nitrogens is 2. The third-order valence-corrected chi connectivity index (χ3v) is 16.4. The van der Waals surface area contributed by atoms with Gasteiger partial charge >= 0.3 is 0 Å². The van der Waals surface area contributed by atoms with E-state index in [0.717, 1.165) is 94.8 Å². The number of hydrogen-bond acceptors (Lipinski definition) is 2. The van der Waals surface area contributed by atoms with Crippen LogP contribution in [0.3, 0.4) is 0 Å². The van der Waals surface area contributed by atoms with Gasteiger partial charge in [-0.25, -0.2) is 4.99 Å². The standard InChI is InChI=1S/C72H52N4O/c1-4-44(2)69(58-31-18-25-46-19-12-14-28-55(46)58)74-72(52-34-36-65-60(39-52)57-30-16-17-32-64(57)75(65)54-26-6-5-7-27-54)73-45(3)53-40-63-59-35-33-47-20-13-15-29-56(47)70(59)77-71(63)68(43-53)76-66-41-50-23-10-8-21-48(50)37-61(66)62-38-49-22-9-11-24-51(49)42-67(62)76/h5-44,69H,4H2,1-3H3. The predicted octanol–water partition coefficient (Wildman–Crippen LogP) is 19.4. The Bertz CT molecular complexity index is 4850. The van der Waals surface area contributed by atoms with Gasteiger partial charge in [-0.1, -0.05) is 178 Å². The van der Waals surface area contributed by atoms with Crippen LogP contribution in [0, 0.1) is 5.92 Å². The number of benzene rings is 12. The summed E-state index contributed by atoms with van der Waals surface area (Å²) in [7, 11) is 0. The van der Waals surface area contributed by atoms with Crippen molar-refractivity contribution in [3.8, 4) is 11.4 Å². The number of furan rings is 1. The van der Waals surface area contributed by atoms with Crippen molar-refractivity contribution in [1.29, 1.82) is 0 Å². The van der Waals surface area contributed by atoms with Crippen LogP contribution in [0.5, 0.6) is 0 Å². The molecule has 0 saturated carbocycles. The van der Waals surface area contributed by atoms with E-state index >= 15 is 0 Å². The Kier molecular flexibility index (Phi) is 10.4. The van der Waals surface area contributed by atoms with Gasteiger partial charge in [0, 0.05) is 54.7 Å². The molecule has 0 saturated heterocycles. The molecule has 0 radical (unpaired) electrons. The van der Waals surface area contributed by atoms with Crippen LogP contribution in [0.4, 0.5) is 0 Å². The first-order valence-electron chi connectivity index (χ1n) is 26.9. The second-order valence-corrected chi connectivity index (χ2v) is 20.9. The van der Waals surface area contributed by atoms with E-state index in [1.54, 1.807) is 0 Å². The third kappa shape index (κ3) is 7.22. The van der Waals surface area contributed by atoms with E-state index in [2.05, 4.69) is 266 Å². The highest BCUT2D eigenvalue weighted by atomic mass is 16.3. The number of fused-ring (bicyclic) bond motifs is 14. The number of hydrogen-bond donors (Lipinski definition) is 0. The van der Waals surface area contributed by atoms with Gasteiger partial charge in [0.05, 0.1) is 33.8 Å². The van der Waals surface area contributed by atoms with Gasteiger partial charge in [-0.3, -0.25) is 4.99 Å². The fourth-order valence-electron chi connectivity index (χ4n) is 12.3. The Morgan fingerprint density at radius 2 is 0.974 bits per heavy atom. The summed E-state index contributed by atoms with van der Waals surface area (Å²) in [6.45, 7) is 6.75. The van der Waals surface area contributed by atoms with Crippen molar-refractivity contribution in [3.63, 3.8) is 0 Å². The summed E-state index contributed by atoms with van der Waals surface area (Å²) in [5, 5.41) is 16.2. The molecule has 77 heavy (non-hydrogen) atoms. The lowest BCUT2D eigenvalue weighted by atomic mass is 9.89. The van der Waals surface area contributed by atoms with E-state index in [9.17, 15) is 0 Å². The van der Waals surface area contributed by atoms with E-state index in [1.807, 2.05) is 0 Å². The SMILES string of the molecule is CCC(C)C(N=C(N=C(C)c1cc(-n2c3cc4ccccc4cc3c3cc4ccccc4cc32)c2oc3c4ccccc4ccc3c2c1)c1ccc2c(c1)c1ccccc1n2-c1ccccc1)c1cccc2ccccc12. The Morgan fingerprint density at radius 1 is 0.416 bits per heavy atom. The molecule has 2 unspecified atom stereocenters. The van der Waals surface area contributed by atoms with Gasteiger partial charge in [-0.05, 0) is 141 Å². The fraction of sp³-hybridized carbons (Fsp3) is 0.0833. The number of rotatable bonds is 8. The summed E-state index contributed by atoms with van der Waals surface area (Å²) in [4.78, 5) is 11.7. The zero-order valence-corrected chi connectivity index (χ0v) is 43.1. The molecule has 0 aliphatic rings. The van der Waals surface area contributed by atoms with Gasteiger partial charge in [0.25, 0.3) is 0 Å². The highest BCUT2D eigenvalue weighted by molar-refractivity contribution is 6.22. The van der Waals surface area contributed by atoms with Crippen molar-refractivity contribution in [1.82, 2.24) is 9.13 Å². The van der Waals surface area contributed by atoms with Crippen molar-refractivity contribution < 1.29 is 4.42 Å². The lowest BCUT2D eigenvalue weighted by Crippen LogP contribution is -2.12. The first kappa shape index (κ1) is 44.9. The summed E-state index contributed by atoms with van der Waals surface area (Å²) in [5.41, 5.74) is 12.3. The average Bonchev–Trinajstić information content (AvgIpc) is 4.18. The first-order chi connectivity index (χ1) is 38.0. The molecular weight excluding hydrogens is 937 g/mol. The zero-order chi connectivity index (χ0) is 51.3. The van der Waals surface area contributed by atoms with E-state index in [-0.39, 0.29) is 12.0 Å². The van der Waals surface area contributed by atoms with Crippen LogP contribution in [0.25, 0.3) is 120 Å². The van der Waals surface area contributed by atoms with E-state index in [4.69, 9.17) is 14.4 Å². The molecule has 3 heterocycles. The van der Waals surface area contributed by atoms with Crippen LogP contribution in [0.2, 0.25) is 0 Å². The molecule has 0 fully saturated rings. The normalized spacial score (nSPS) is 13.5. The maximum Gasteiger partial charge on any atom is 0.159 e. The Labute approximate surface area is 445 Å².